The van der Waals surface area contributed by atoms with Crippen molar-refractivity contribution in [1.82, 2.24) is 10.6 Å². The molecule has 3 N–H and O–H groups in total. The van der Waals surface area contributed by atoms with Crippen molar-refractivity contribution >= 4 is 17.6 Å². The number of urea groups is 1. The summed E-state index contributed by atoms with van der Waals surface area (Å²) in [5, 5.41) is 8.29. The van der Waals surface area contributed by atoms with Crippen molar-refractivity contribution in [3.05, 3.63) is 29.8 Å². The molecule has 1 rings (SSSR count). The van der Waals surface area contributed by atoms with Crippen LogP contribution in [0.1, 0.15) is 38.1 Å². The van der Waals surface area contributed by atoms with Crippen molar-refractivity contribution in [3.63, 3.8) is 0 Å². The first-order chi connectivity index (χ1) is 9.38. The molecule has 1 aromatic rings. The Morgan fingerprint density at radius 3 is 2.45 bits per heavy atom. The van der Waals surface area contributed by atoms with Crippen LogP contribution in [0, 0.1) is 5.92 Å². The van der Waals surface area contributed by atoms with Crippen molar-refractivity contribution in [2.75, 3.05) is 11.9 Å². The van der Waals surface area contributed by atoms with Crippen molar-refractivity contribution in [3.8, 4) is 0 Å². The topological polar surface area (TPSA) is 70.2 Å². The molecule has 0 unspecified atom stereocenters. The molecule has 0 heterocycles. The molecule has 5 nitrogen and oxygen atoms in total. The number of nitrogens with one attached hydrogen (secondary N) is 3. The van der Waals surface area contributed by atoms with Gasteiger partial charge in [0.1, 0.15) is 0 Å². The Bertz CT molecular complexity index is 470. The van der Waals surface area contributed by atoms with Crippen LogP contribution in [0.3, 0.4) is 0 Å². The first kappa shape index (κ1) is 16.0. The largest absolute Gasteiger partial charge is 0.350 e. The van der Waals surface area contributed by atoms with Crippen molar-refractivity contribution < 1.29 is 9.59 Å². The summed E-state index contributed by atoms with van der Waals surface area (Å²) in [5.74, 6) is 0.246. The van der Waals surface area contributed by atoms with E-state index < -0.39 is 0 Å². The molecular formula is C15H23N3O2. The van der Waals surface area contributed by atoms with Crippen LogP contribution in [0.5, 0.6) is 0 Å². The molecule has 110 valence electrons. The van der Waals surface area contributed by atoms with Crippen LogP contribution in [0.25, 0.3) is 0 Å². The second-order valence-electron chi connectivity index (χ2n) is 5.44. The number of rotatable bonds is 5. The third kappa shape index (κ3) is 5.73. The SMILES string of the molecule is CC(C)CNC(=O)Nc1cccc(C(=O)NC(C)C)c1. The summed E-state index contributed by atoms with van der Waals surface area (Å²) in [4.78, 5) is 23.5. The van der Waals surface area contributed by atoms with Crippen LogP contribution in [0.2, 0.25) is 0 Å². The fourth-order valence-electron chi connectivity index (χ4n) is 1.56. The maximum atomic E-state index is 11.9. The summed E-state index contributed by atoms with van der Waals surface area (Å²) in [5.41, 5.74) is 1.13. The highest BCUT2D eigenvalue weighted by atomic mass is 16.2. The van der Waals surface area contributed by atoms with Gasteiger partial charge >= 0.3 is 6.03 Å². The summed E-state index contributed by atoms with van der Waals surface area (Å²) in [6.07, 6.45) is 0. The summed E-state index contributed by atoms with van der Waals surface area (Å²) in [7, 11) is 0. The van der Waals surface area contributed by atoms with Crippen LogP contribution >= 0.6 is 0 Å². The Balaban J connectivity index is 2.64. The van der Waals surface area contributed by atoms with E-state index in [-0.39, 0.29) is 18.0 Å². The van der Waals surface area contributed by atoms with Gasteiger partial charge < -0.3 is 16.0 Å². The lowest BCUT2D eigenvalue weighted by Gasteiger charge is -2.11. The number of hydrogen-bond acceptors (Lipinski definition) is 2. The van der Waals surface area contributed by atoms with Crippen LogP contribution in [-0.4, -0.2) is 24.5 Å². The van der Waals surface area contributed by atoms with Gasteiger partial charge in [0.05, 0.1) is 0 Å². The van der Waals surface area contributed by atoms with E-state index in [1.807, 2.05) is 27.7 Å². The maximum Gasteiger partial charge on any atom is 0.319 e. The number of carbonyl (C=O) groups excluding carboxylic acids is 2. The molecule has 0 bridgehead atoms. The number of amides is 3. The lowest BCUT2D eigenvalue weighted by molar-refractivity contribution is 0.0943. The average molecular weight is 277 g/mol. The Kier molecular flexibility index (Phi) is 6.03. The Morgan fingerprint density at radius 2 is 1.85 bits per heavy atom. The molecule has 3 amide bonds. The number of hydrogen-bond donors (Lipinski definition) is 3. The highest BCUT2D eigenvalue weighted by molar-refractivity contribution is 5.97. The molecule has 0 spiro atoms. The van der Waals surface area contributed by atoms with Crippen molar-refractivity contribution in [2.24, 2.45) is 5.92 Å². The molecule has 20 heavy (non-hydrogen) atoms. The van der Waals surface area contributed by atoms with Crippen LogP contribution in [0.4, 0.5) is 10.5 Å². The zero-order valence-electron chi connectivity index (χ0n) is 12.5. The van der Waals surface area contributed by atoms with E-state index in [1.165, 1.54) is 0 Å². The van der Waals surface area contributed by atoms with Gasteiger partial charge in [0, 0.05) is 23.8 Å². The van der Waals surface area contributed by atoms with Crippen LogP contribution < -0.4 is 16.0 Å². The third-order valence-electron chi connectivity index (χ3n) is 2.47. The fourth-order valence-corrected chi connectivity index (χ4v) is 1.56. The quantitative estimate of drug-likeness (QED) is 0.774. The summed E-state index contributed by atoms with van der Waals surface area (Å²) < 4.78 is 0. The molecular weight excluding hydrogens is 254 g/mol. The second-order valence-corrected chi connectivity index (χ2v) is 5.44. The van der Waals surface area contributed by atoms with Crippen molar-refractivity contribution in [1.29, 1.82) is 0 Å². The van der Waals surface area contributed by atoms with Gasteiger partial charge in [-0.1, -0.05) is 19.9 Å². The number of anilines is 1. The molecule has 0 aliphatic heterocycles. The smallest absolute Gasteiger partial charge is 0.319 e. The van der Waals surface area contributed by atoms with Crippen LogP contribution in [0.15, 0.2) is 24.3 Å². The van der Waals surface area contributed by atoms with Crippen LogP contribution in [-0.2, 0) is 0 Å². The Hall–Kier alpha value is -2.04. The zero-order valence-corrected chi connectivity index (χ0v) is 12.5. The molecule has 1 aromatic carbocycles. The van der Waals surface area contributed by atoms with E-state index in [2.05, 4.69) is 16.0 Å². The Labute approximate surface area is 120 Å². The maximum absolute atomic E-state index is 11.9. The molecule has 0 atom stereocenters. The van der Waals surface area contributed by atoms with E-state index in [9.17, 15) is 9.59 Å². The van der Waals surface area contributed by atoms with E-state index in [0.717, 1.165) is 0 Å². The highest BCUT2D eigenvalue weighted by Gasteiger charge is 2.08. The van der Waals surface area contributed by atoms with E-state index in [1.54, 1.807) is 24.3 Å². The monoisotopic (exact) mass is 277 g/mol. The van der Waals surface area contributed by atoms with Gasteiger partial charge in [0.25, 0.3) is 5.91 Å². The fraction of sp³-hybridized carbons (Fsp3) is 0.467. The molecule has 0 saturated heterocycles. The third-order valence-corrected chi connectivity index (χ3v) is 2.47. The van der Waals surface area contributed by atoms with E-state index >= 15 is 0 Å². The highest BCUT2D eigenvalue weighted by Crippen LogP contribution is 2.10. The van der Waals surface area contributed by atoms with Gasteiger partial charge in [0.15, 0.2) is 0 Å². The van der Waals surface area contributed by atoms with Gasteiger partial charge in [0.2, 0.25) is 0 Å². The Morgan fingerprint density at radius 1 is 1.15 bits per heavy atom. The van der Waals surface area contributed by atoms with Gasteiger partial charge in [-0.25, -0.2) is 4.79 Å². The van der Waals surface area contributed by atoms with Gasteiger partial charge in [-0.05, 0) is 38.0 Å². The predicted molar refractivity (Wildman–Crippen MR) is 80.9 cm³/mol. The number of benzene rings is 1. The minimum absolute atomic E-state index is 0.0773. The number of carbonyl (C=O) groups is 2. The molecule has 0 saturated carbocycles. The minimum atomic E-state index is -0.264. The molecule has 0 fully saturated rings. The zero-order chi connectivity index (χ0) is 15.1. The average Bonchev–Trinajstić information content (AvgIpc) is 2.36. The molecule has 0 aliphatic carbocycles. The first-order valence-corrected chi connectivity index (χ1v) is 6.84. The summed E-state index contributed by atoms with van der Waals surface area (Å²) >= 11 is 0. The van der Waals surface area contributed by atoms with Gasteiger partial charge in [-0.2, -0.15) is 0 Å². The second kappa shape index (κ2) is 7.53. The lowest BCUT2D eigenvalue weighted by atomic mass is 10.2. The molecule has 0 radical (unpaired) electrons. The summed E-state index contributed by atoms with van der Waals surface area (Å²) in [6, 6.07) is 6.68. The summed E-state index contributed by atoms with van der Waals surface area (Å²) in [6.45, 7) is 8.46. The van der Waals surface area contributed by atoms with E-state index in [4.69, 9.17) is 0 Å². The normalized spacial score (nSPS) is 10.5. The van der Waals surface area contributed by atoms with E-state index in [0.29, 0.717) is 23.7 Å². The van der Waals surface area contributed by atoms with Gasteiger partial charge in [-0.15, -0.1) is 0 Å². The molecule has 0 aliphatic rings. The standard InChI is InChI=1S/C15H23N3O2/c1-10(2)9-16-15(20)18-13-7-5-6-12(8-13)14(19)17-11(3)4/h5-8,10-11H,9H2,1-4H3,(H,17,19)(H2,16,18,20). The molecule has 5 heteroatoms. The molecule has 0 aromatic heterocycles. The van der Waals surface area contributed by atoms with Crippen molar-refractivity contribution in [2.45, 2.75) is 33.7 Å². The first-order valence-electron chi connectivity index (χ1n) is 6.84. The predicted octanol–water partition coefficient (Wildman–Crippen LogP) is 2.60. The minimum Gasteiger partial charge on any atom is -0.350 e. The lowest BCUT2D eigenvalue weighted by Crippen LogP contribution is -2.32. The van der Waals surface area contributed by atoms with Gasteiger partial charge in [-0.3, -0.25) is 4.79 Å².